The van der Waals surface area contributed by atoms with Crippen molar-refractivity contribution in [1.82, 2.24) is 9.62 Å². The predicted octanol–water partition coefficient (Wildman–Crippen LogP) is 2.10. The normalized spacial score (nSPS) is 15.0. The fourth-order valence-corrected chi connectivity index (χ4v) is 4.51. The highest BCUT2D eigenvalue weighted by Gasteiger charge is 2.27. The van der Waals surface area contributed by atoms with Crippen LogP contribution in [-0.4, -0.2) is 56.9 Å². The van der Waals surface area contributed by atoms with Crippen LogP contribution in [-0.2, 0) is 14.8 Å². The lowest BCUT2D eigenvalue weighted by Crippen LogP contribution is -2.40. The SMILES string of the molecule is CC(C)NC(=O)c1ccccc1NC(=O)c1cccc(S(=O)(=O)N2CCOCC2)c1. The lowest BCUT2D eigenvalue weighted by molar-refractivity contribution is 0.0730. The molecular weight excluding hydrogens is 406 g/mol. The number of morpholine rings is 1. The number of anilines is 1. The minimum Gasteiger partial charge on any atom is -0.379 e. The van der Waals surface area contributed by atoms with Crippen molar-refractivity contribution in [2.24, 2.45) is 0 Å². The van der Waals surface area contributed by atoms with Gasteiger partial charge in [0.2, 0.25) is 10.0 Å². The van der Waals surface area contributed by atoms with E-state index in [4.69, 9.17) is 4.74 Å². The molecule has 2 N–H and O–H groups in total. The minimum atomic E-state index is -3.72. The third-order valence-electron chi connectivity index (χ3n) is 4.54. The van der Waals surface area contributed by atoms with Crippen molar-refractivity contribution in [3.8, 4) is 0 Å². The Morgan fingerprint density at radius 2 is 1.70 bits per heavy atom. The van der Waals surface area contributed by atoms with Gasteiger partial charge in [-0.15, -0.1) is 0 Å². The zero-order valence-corrected chi connectivity index (χ0v) is 17.7. The number of nitrogens with zero attached hydrogens (tertiary/aromatic N) is 1. The number of carbonyl (C=O) groups excluding carboxylic acids is 2. The van der Waals surface area contributed by atoms with Crippen LogP contribution in [0.5, 0.6) is 0 Å². The van der Waals surface area contributed by atoms with Crippen LogP contribution < -0.4 is 10.6 Å². The minimum absolute atomic E-state index is 0.0443. The number of ether oxygens (including phenoxy) is 1. The fourth-order valence-electron chi connectivity index (χ4n) is 3.06. The molecule has 1 aliphatic heterocycles. The standard InChI is InChI=1S/C21H25N3O5S/c1-15(2)22-21(26)18-8-3-4-9-19(18)23-20(25)16-6-5-7-17(14-16)30(27,28)24-10-12-29-13-11-24/h3-9,14-15H,10-13H2,1-2H3,(H,22,26)(H,23,25). The van der Waals surface area contributed by atoms with Gasteiger partial charge in [0.25, 0.3) is 11.8 Å². The molecule has 1 fully saturated rings. The van der Waals surface area contributed by atoms with E-state index in [1.807, 2.05) is 13.8 Å². The summed E-state index contributed by atoms with van der Waals surface area (Å²) in [5.41, 5.74) is 0.863. The topological polar surface area (TPSA) is 105 Å². The number of sulfonamides is 1. The Bertz CT molecular complexity index is 1030. The first kappa shape index (κ1) is 21.9. The first-order valence-corrected chi connectivity index (χ1v) is 11.1. The summed E-state index contributed by atoms with van der Waals surface area (Å²) in [5, 5.41) is 5.50. The largest absolute Gasteiger partial charge is 0.379 e. The molecule has 1 aliphatic rings. The van der Waals surface area contributed by atoms with E-state index < -0.39 is 15.9 Å². The van der Waals surface area contributed by atoms with Gasteiger partial charge in [-0.25, -0.2) is 8.42 Å². The van der Waals surface area contributed by atoms with E-state index in [-0.39, 0.29) is 35.5 Å². The number of rotatable bonds is 6. The summed E-state index contributed by atoms with van der Waals surface area (Å²) in [6.07, 6.45) is 0. The highest BCUT2D eigenvalue weighted by Crippen LogP contribution is 2.20. The first-order chi connectivity index (χ1) is 14.3. The summed E-state index contributed by atoms with van der Waals surface area (Å²) in [7, 11) is -3.72. The number of nitrogens with one attached hydrogen (secondary N) is 2. The maximum Gasteiger partial charge on any atom is 0.255 e. The van der Waals surface area contributed by atoms with Crippen LogP contribution in [0.1, 0.15) is 34.6 Å². The van der Waals surface area contributed by atoms with Crippen LogP contribution in [0.15, 0.2) is 53.4 Å². The van der Waals surface area contributed by atoms with Gasteiger partial charge in [0.15, 0.2) is 0 Å². The molecule has 0 saturated carbocycles. The van der Waals surface area contributed by atoms with Gasteiger partial charge in [-0.2, -0.15) is 4.31 Å². The van der Waals surface area contributed by atoms with Gasteiger partial charge in [-0.1, -0.05) is 18.2 Å². The van der Waals surface area contributed by atoms with E-state index in [1.54, 1.807) is 24.3 Å². The Hall–Kier alpha value is -2.75. The Labute approximate surface area is 176 Å². The molecule has 2 aromatic carbocycles. The quantitative estimate of drug-likeness (QED) is 0.729. The van der Waals surface area contributed by atoms with Crippen molar-refractivity contribution in [2.75, 3.05) is 31.6 Å². The van der Waals surface area contributed by atoms with Gasteiger partial charge in [-0.3, -0.25) is 9.59 Å². The van der Waals surface area contributed by atoms with Gasteiger partial charge in [0.1, 0.15) is 0 Å². The van der Waals surface area contributed by atoms with Crippen molar-refractivity contribution in [1.29, 1.82) is 0 Å². The Kier molecular flexibility index (Phi) is 6.86. The summed E-state index contributed by atoms with van der Waals surface area (Å²) >= 11 is 0. The molecule has 0 radical (unpaired) electrons. The molecule has 30 heavy (non-hydrogen) atoms. The van der Waals surface area contributed by atoms with E-state index in [9.17, 15) is 18.0 Å². The molecule has 2 aromatic rings. The molecule has 0 aliphatic carbocycles. The van der Waals surface area contributed by atoms with Crippen molar-refractivity contribution >= 4 is 27.5 Å². The Morgan fingerprint density at radius 3 is 2.40 bits per heavy atom. The third kappa shape index (κ3) is 5.05. The van der Waals surface area contributed by atoms with Crippen LogP contribution in [0, 0.1) is 0 Å². The van der Waals surface area contributed by atoms with Crippen molar-refractivity contribution in [2.45, 2.75) is 24.8 Å². The molecule has 0 atom stereocenters. The maximum atomic E-state index is 12.9. The number of hydrogen-bond donors (Lipinski definition) is 2. The smallest absolute Gasteiger partial charge is 0.255 e. The molecule has 1 heterocycles. The molecule has 3 rings (SSSR count). The van der Waals surface area contributed by atoms with Crippen LogP contribution >= 0.6 is 0 Å². The van der Waals surface area contributed by atoms with Gasteiger partial charge in [0, 0.05) is 24.7 Å². The lowest BCUT2D eigenvalue weighted by atomic mass is 10.1. The molecule has 2 amide bonds. The second-order valence-electron chi connectivity index (χ2n) is 7.17. The summed E-state index contributed by atoms with van der Waals surface area (Å²) in [5.74, 6) is -0.802. The fraction of sp³-hybridized carbons (Fsp3) is 0.333. The number of carbonyl (C=O) groups is 2. The van der Waals surface area contributed by atoms with E-state index in [0.717, 1.165) is 0 Å². The summed E-state index contributed by atoms with van der Waals surface area (Å²) in [6, 6.07) is 12.5. The van der Waals surface area contributed by atoms with E-state index >= 15 is 0 Å². The molecule has 8 nitrogen and oxygen atoms in total. The average molecular weight is 432 g/mol. The van der Waals surface area contributed by atoms with Gasteiger partial charge >= 0.3 is 0 Å². The zero-order valence-electron chi connectivity index (χ0n) is 16.9. The molecule has 160 valence electrons. The highest BCUT2D eigenvalue weighted by atomic mass is 32.2. The zero-order chi connectivity index (χ0) is 21.7. The second-order valence-corrected chi connectivity index (χ2v) is 9.11. The molecule has 1 saturated heterocycles. The van der Waals surface area contributed by atoms with Gasteiger partial charge in [-0.05, 0) is 44.2 Å². The highest BCUT2D eigenvalue weighted by molar-refractivity contribution is 7.89. The number of benzene rings is 2. The van der Waals surface area contributed by atoms with Crippen LogP contribution in [0.2, 0.25) is 0 Å². The van der Waals surface area contributed by atoms with Crippen molar-refractivity contribution in [3.63, 3.8) is 0 Å². The third-order valence-corrected chi connectivity index (χ3v) is 6.44. The monoisotopic (exact) mass is 431 g/mol. The second kappa shape index (κ2) is 9.38. The lowest BCUT2D eigenvalue weighted by Gasteiger charge is -2.26. The van der Waals surface area contributed by atoms with E-state index in [1.165, 1.54) is 28.6 Å². The number of amides is 2. The van der Waals surface area contributed by atoms with Crippen molar-refractivity contribution < 1.29 is 22.7 Å². The molecule has 0 unspecified atom stereocenters. The number of hydrogen-bond acceptors (Lipinski definition) is 5. The molecule has 9 heteroatoms. The maximum absolute atomic E-state index is 12.9. The average Bonchev–Trinajstić information content (AvgIpc) is 2.74. The summed E-state index contributed by atoms with van der Waals surface area (Å²) in [6.45, 7) is 4.93. The van der Waals surface area contributed by atoms with E-state index in [2.05, 4.69) is 10.6 Å². The Balaban J connectivity index is 1.82. The van der Waals surface area contributed by atoms with Gasteiger partial charge in [0.05, 0.1) is 29.4 Å². The molecule has 0 aromatic heterocycles. The molecule has 0 spiro atoms. The molecular formula is C21H25N3O5S. The summed E-state index contributed by atoms with van der Waals surface area (Å²) < 4.78 is 32.3. The Morgan fingerprint density at radius 1 is 1.00 bits per heavy atom. The first-order valence-electron chi connectivity index (χ1n) is 9.68. The molecule has 0 bridgehead atoms. The van der Waals surface area contributed by atoms with Crippen molar-refractivity contribution in [3.05, 3.63) is 59.7 Å². The van der Waals surface area contributed by atoms with Crippen LogP contribution in [0.3, 0.4) is 0 Å². The predicted molar refractivity (Wildman–Crippen MR) is 113 cm³/mol. The van der Waals surface area contributed by atoms with Crippen LogP contribution in [0.25, 0.3) is 0 Å². The summed E-state index contributed by atoms with van der Waals surface area (Å²) in [4.78, 5) is 25.2. The van der Waals surface area contributed by atoms with Gasteiger partial charge < -0.3 is 15.4 Å². The van der Waals surface area contributed by atoms with E-state index in [0.29, 0.717) is 24.5 Å². The van der Waals surface area contributed by atoms with Crippen LogP contribution in [0.4, 0.5) is 5.69 Å². The number of para-hydroxylation sites is 1.